The third kappa shape index (κ3) is 7.26. The Kier molecular flexibility index (Phi) is 9.55. The highest BCUT2D eigenvalue weighted by molar-refractivity contribution is 9.10. The molecule has 2 aromatic carbocycles. The quantitative estimate of drug-likeness (QED) is 0.499. The molecule has 2 aromatic rings. The third-order valence-electron chi connectivity index (χ3n) is 4.17. The average Bonchev–Trinajstić information content (AvgIpc) is 2.67. The SMILES string of the molecule is CCNC(=O)[C@H](C)N(Cc1cccc(Br)c1)C(=O)CSCc1ccc(Br)cc1. The van der Waals surface area contributed by atoms with Gasteiger partial charge in [0.1, 0.15) is 6.04 Å². The second-order valence-electron chi connectivity index (χ2n) is 6.34. The smallest absolute Gasteiger partial charge is 0.242 e. The van der Waals surface area contributed by atoms with Gasteiger partial charge < -0.3 is 10.2 Å². The second kappa shape index (κ2) is 11.6. The number of likely N-dealkylation sites (N-methyl/N-ethyl adjacent to an activating group) is 1. The number of halogens is 2. The zero-order chi connectivity index (χ0) is 20.5. The topological polar surface area (TPSA) is 49.4 Å². The van der Waals surface area contributed by atoms with Gasteiger partial charge in [-0.05, 0) is 49.2 Å². The first kappa shape index (κ1) is 23.0. The number of nitrogens with zero attached hydrogens (tertiary/aromatic N) is 1. The van der Waals surface area contributed by atoms with E-state index in [4.69, 9.17) is 0 Å². The summed E-state index contributed by atoms with van der Waals surface area (Å²) in [4.78, 5) is 26.9. The zero-order valence-corrected chi connectivity index (χ0v) is 19.9. The zero-order valence-electron chi connectivity index (χ0n) is 16.0. The molecule has 0 saturated carbocycles. The summed E-state index contributed by atoms with van der Waals surface area (Å²) < 4.78 is 1.99. The van der Waals surface area contributed by atoms with Crippen LogP contribution in [0.25, 0.3) is 0 Å². The van der Waals surface area contributed by atoms with E-state index in [1.165, 1.54) is 0 Å². The van der Waals surface area contributed by atoms with Gasteiger partial charge >= 0.3 is 0 Å². The molecule has 0 saturated heterocycles. The summed E-state index contributed by atoms with van der Waals surface area (Å²) in [5, 5.41) is 2.81. The van der Waals surface area contributed by atoms with Crippen LogP contribution in [-0.2, 0) is 21.9 Å². The van der Waals surface area contributed by atoms with Gasteiger partial charge in [-0.3, -0.25) is 9.59 Å². The lowest BCUT2D eigenvalue weighted by molar-refractivity contribution is -0.138. The van der Waals surface area contributed by atoms with Crippen molar-refractivity contribution in [1.82, 2.24) is 10.2 Å². The van der Waals surface area contributed by atoms with E-state index in [-0.39, 0.29) is 11.8 Å². The number of benzene rings is 2. The van der Waals surface area contributed by atoms with Crippen molar-refractivity contribution in [3.63, 3.8) is 0 Å². The monoisotopic (exact) mass is 526 g/mol. The van der Waals surface area contributed by atoms with E-state index in [9.17, 15) is 9.59 Å². The molecule has 2 amide bonds. The highest BCUT2D eigenvalue weighted by Crippen LogP contribution is 2.19. The molecule has 0 aromatic heterocycles. The number of rotatable bonds is 9. The highest BCUT2D eigenvalue weighted by atomic mass is 79.9. The molecular weight excluding hydrogens is 504 g/mol. The summed E-state index contributed by atoms with van der Waals surface area (Å²) in [7, 11) is 0. The molecule has 0 spiro atoms. The summed E-state index contributed by atoms with van der Waals surface area (Å²) >= 11 is 8.45. The normalized spacial score (nSPS) is 11.7. The molecule has 0 bridgehead atoms. The largest absolute Gasteiger partial charge is 0.355 e. The van der Waals surface area contributed by atoms with Crippen LogP contribution in [0, 0.1) is 0 Å². The van der Waals surface area contributed by atoms with Crippen molar-refractivity contribution >= 4 is 55.4 Å². The summed E-state index contributed by atoms with van der Waals surface area (Å²) in [6, 6.07) is 15.3. The molecule has 1 atom stereocenters. The molecule has 150 valence electrons. The van der Waals surface area contributed by atoms with E-state index in [2.05, 4.69) is 37.2 Å². The van der Waals surface area contributed by atoms with E-state index in [1.807, 2.05) is 55.5 Å². The number of hydrogen-bond acceptors (Lipinski definition) is 3. The Balaban J connectivity index is 2.04. The fourth-order valence-electron chi connectivity index (χ4n) is 2.66. The Hall–Kier alpha value is -1.31. The Morgan fingerprint density at radius 2 is 1.79 bits per heavy atom. The van der Waals surface area contributed by atoms with Crippen LogP contribution in [0.3, 0.4) is 0 Å². The van der Waals surface area contributed by atoms with Gasteiger partial charge in [0.2, 0.25) is 11.8 Å². The lowest BCUT2D eigenvalue weighted by Crippen LogP contribution is -2.48. The standard InChI is InChI=1S/C21H24Br2N2O2S/c1-3-24-21(27)15(2)25(12-17-5-4-6-19(23)11-17)20(26)14-28-13-16-7-9-18(22)10-8-16/h4-11,15H,3,12-14H2,1-2H3,(H,24,27)/t15-/m0/s1. The molecule has 7 heteroatoms. The maximum Gasteiger partial charge on any atom is 0.242 e. The summed E-state index contributed by atoms with van der Waals surface area (Å²) in [5.41, 5.74) is 2.15. The minimum Gasteiger partial charge on any atom is -0.355 e. The van der Waals surface area contributed by atoms with Crippen LogP contribution < -0.4 is 5.32 Å². The van der Waals surface area contributed by atoms with Crippen molar-refractivity contribution in [2.45, 2.75) is 32.2 Å². The highest BCUT2D eigenvalue weighted by Gasteiger charge is 2.25. The van der Waals surface area contributed by atoms with Crippen molar-refractivity contribution in [2.24, 2.45) is 0 Å². The molecule has 0 heterocycles. The first-order valence-corrected chi connectivity index (χ1v) is 11.8. The molecule has 0 aliphatic heterocycles. The number of carbonyl (C=O) groups excluding carboxylic acids is 2. The average molecular weight is 528 g/mol. The Morgan fingerprint density at radius 3 is 2.43 bits per heavy atom. The van der Waals surface area contributed by atoms with Crippen molar-refractivity contribution in [3.05, 3.63) is 68.6 Å². The van der Waals surface area contributed by atoms with E-state index in [1.54, 1.807) is 23.6 Å². The van der Waals surface area contributed by atoms with Crippen LogP contribution in [0.1, 0.15) is 25.0 Å². The van der Waals surface area contributed by atoms with Crippen LogP contribution in [0.5, 0.6) is 0 Å². The van der Waals surface area contributed by atoms with Crippen LogP contribution in [-0.4, -0.2) is 35.1 Å². The number of amides is 2. The Bertz CT molecular complexity index is 799. The summed E-state index contributed by atoms with van der Waals surface area (Å²) in [5.74, 6) is 0.900. The van der Waals surface area contributed by atoms with Gasteiger partial charge in [-0.15, -0.1) is 11.8 Å². The van der Waals surface area contributed by atoms with E-state index >= 15 is 0 Å². The minimum atomic E-state index is -0.528. The molecule has 2 rings (SSSR count). The first-order valence-electron chi connectivity index (χ1n) is 9.04. The van der Waals surface area contributed by atoms with Gasteiger partial charge in [-0.1, -0.05) is 56.1 Å². The summed E-state index contributed by atoms with van der Waals surface area (Å²) in [6.45, 7) is 4.59. The fraction of sp³-hybridized carbons (Fsp3) is 0.333. The van der Waals surface area contributed by atoms with E-state index in [0.29, 0.717) is 18.8 Å². The number of nitrogens with one attached hydrogen (secondary N) is 1. The molecule has 1 N–H and O–H groups in total. The van der Waals surface area contributed by atoms with Crippen molar-refractivity contribution < 1.29 is 9.59 Å². The fourth-order valence-corrected chi connectivity index (χ4v) is 4.24. The second-order valence-corrected chi connectivity index (χ2v) is 9.16. The minimum absolute atomic E-state index is 0.0409. The van der Waals surface area contributed by atoms with Crippen molar-refractivity contribution in [1.29, 1.82) is 0 Å². The maximum absolute atomic E-state index is 12.9. The van der Waals surface area contributed by atoms with Gasteiger partial charge in [0.25, 0.3) is 0 Å². The van der Waals surface area contributed by atoms with Crippen LogP contribution >= 0.6 is 43.6 Å². The van der Waals surface area contributed by atoms with Crippen LogP contribution in [0.4, 0.5) is 0 Å². The molecule has 0 aliphatic rings. The van der Waals surface area contributed by atoms with Gasteiger partial charge in [0, 0.05) is 27.8 Å². The van der Waals surface area contributed by atoms with Gasteiger partial charge in [-0.2, -0.15) is 0 Å². The molecule has 0 radical (unpaired) electrons. The van der Waals surface area contributed by atoms with E-state index in [0.717, 1.165) is 25.8 Å². The van der Waals surface area contributed by atoms with Gasteiger partial charge in [0.05, 0.1) is 5.75 Å². The Morgan fingerprint density at radius 1 is 1.07 bits per heavy atom. The third-order valence-corrected chi connectivity index (χ3v) is 6.18. The predicted molar refractivity (Wildman–Crippen MR) is 123 cm³/mol. The van der Waals surface area contributed by atoms with E-state index < -0.39 is 6.04 Å². The van der Waals surface area contributed by atoms with Crippen molar-refractivity contribution in [2.75, 3.05) is 12.3 Å². The van der Waals surface area contributed by atoms with Gasteiger partial charge in [-0.25, -0.2) is 0 Å². The molecule has 0 fully saturated rings. The molecular formula is C21H24Br2N2O2S. The first-order chi connectivity index (χ1) is 13.4. The lowest BCUT2D eigenvalue weighted by Gasteiger charge is -2.28. The van der Waals surface area contributed by atoms with Crippen LogP contribution in [0.2, 0.25) is 0 Å². The van der Waals surface area contributed by atoms with Crippen molar-refractivity contribution in [3.8, 4) is 0 Å². The number of hydrogen-bond donors (Lipinski definition) is 1. The maximum atomic E-state index is 12.9. The molecule has 28 heavy (non-hydrogen) atoms. The lowest BCUT2D eigenvalue weighted by atomic mass is 10.1. The number of thioether (sulfide) groups is 1. The summed E-state index contributed by atoms with van der Waals surface area (Å²) in [6.07, 6.45) is 0. The molecule has 0 aliphatic carbocycles. The predicted octanol–water partition coefficient (Wildman–Crippen LogP) is 5.00. The van der Waals surface area contributed by atoms with Gasteiger partial charge in [0.15, 0.2) is 0 Å². The molecule has 4 nitrogen and oxygen atoms in total. The number of carbonyl (C=O) groups is 2. The van der Waals surface area contributed by atoms with Crippen LogP contribution in [0.15, 0.2) is 57.5 Å². The Labute approximate surface area is 187 Å². The molecule has 0 unspecified atom stereocenters.